The Labute approximate surface area is 101 Å². The van der Waals surface area contributed by atoms with Crippen molar-refractivity contribution in [1.82, 2.24) is 9.78 Å². The second-order valence-electron chi connectivity index (χ2n) is 3.98. The average Bonchev–Trinajstić information content (AvgIpc) is 2.49. The zero-order valence-electron chi connectivity index (χ0n) is 10.0. The van der Waals surface area contributed by atoms with Crippen molar-refractivity contribution >= 4 is 15.9 Å². The van der Waals surface area contributed by atoms with Crippen LogP contribution in [0.5, 0.6) is 0 Å². The van der Waals surface area contributed by atoms with E-state index in [9.17, 15) is 0 Å². The summed E-state index contributed by atoms with van der Waals surface area (Å²) < 4.78 is 2.17. The van der Waals surface area contributed by atoms with Crippen LogP contribution in [0.25, 0.3) is 0 Å². The second-order valence-corrected chi connectivity index (χ2v) is 4.77. The molecule has 1 aromatic heterocycles. The molecule has 3 heteroatoms. The molecule has 0 amide bonds. The Hall–Kier alpha value is -0.310. The van der Waals surface area contributed by atoms with Gasteiger partial charge in [-0.3, -0.25) is 4.68 Å². The molecule has 0 spiro atoms. The van der Waals surface area contributed by atoms with E-state index in [-0.39, 0.29) is 0 Å². The highest BCUT2D eigenvalue weighted by Crippen LogP contribution is 2.14. The summed E-state index contributed by atoms with van der Waals surface area (Å²) in [5, 5.41) is 5.70. The third-order valence-corrected chi connectivity index (χ3v) is 3.45. The molecule has 0 N–H and O–H groups in total. The Morgan fingerprint density at radius 3 is 2.47 bits per heavy atom. The summed E-state index contributed by atoms with van der Waals surface area (Å²) in [5.41, 5.74) is 3.99. The molecule has 0 atom stereocenters. The zero-order chi connectivity index (χ0) is 11.3. The summed E-state index contributed by atoms with van der Waals surface area (Å²) >= 11 is 3.45. The minimum absolute atomic E-state index is 1.07. The molecule has 0 bridgehead atoms. The minimum atomic E-state index is 1.07. The van der Waals surface area contributed by atoms with E-state index in [1.165, 1.54) is 36.2 Å². The van der Waals surface area contributed by atoms with Gasteiger partial charge in [0.15, 0.2) is 0 Å². The van der Waals surface area contributed by atoms with E-state index in [2.05, 4.69) is 46.5 Å². The molecule has 15 heavy (non-hydrogen) atoms. The molecule has 0 aliphatic rings. The van der Waals surface area contributed by atoms with Crippen molar-refractivity contribution in [2.75, 3.05) is 5.33 Å². The first kappa shape index (κ1) is 12.8. The molecule has 1 aromatic rings. The van der Waals surface area contributed by atoms with Crippen molar-refractivity contribution in [3.63, 3.8) is 0 Å². The van der Waals surface area contributed by atoms with Crippen molar-refractivity contribution in [1.29, 1.82) is 0 Å². The van der Waals surface area contributed by atoms with Gasteiger partial charge in [-0.05, 0) is 38.7 Å². The van der Waals surface area contributed by atoms with Gasteiger partial charge in [0.25, 0.3) is 0 Å². The molecular formula is C12H21BrN2. The number of aromatic nitrogens is 2. The van der Waals surface area contributed by atoms with Gasteiger partial charge in [0.2, 0.25) is 0 Å². The van der Waals surface area contributed by atoms with Crippen molar-refractivity contribution in [3.8, 4) is 0 Å². The number of hydrogen-bond acceptors (Lipinski definition) is 1. The number of hydrogen-bond donors (Lipinski definition) is 0. The monoisotopic (exact) mass is 272 g/mol. The van der Waals surface area contributed by atoms with Gasteiger partial charge in [0, 0.05) is 17.6 Å². The van der Waals surface area contributed by atoms with Crippen LogP contribution >= 0.6 is 15.9 Å². The van der Waals surface area contributed by atoms with E-state index in [0.717, 1.165) is 18.3 Å². The average molecular weight is 273 g/mol. The predicted octanol–water partition coefficient (Wildman–Crippen LogP) is 3.63. The van der Waals surface area contributed by atoms with Crippen molar-refractivity contribution < 1.29 is 0 Å². The Kier molecular flexibility index (Phi) is 5.37. The van der Waals surface area contributed by atoms with Gasteiger partial charge in [-0.2, -0.15) is 5.10 Å². The zero-order valence-corrected chi connectivity index (χ0v) is 11.6. The van der Waals surface area contributed by atoms with E-state index in [0.29, 0.717) is 0 Å². The maximum atomic E-state index is 4.58. The molecule has 0 fully saturated rings. The fraction of sp³-hybridized carbons (Fsp3) is 0.750. The third-order valence-electron chi connectivity index (χ3n) is 2.89. The van der Waals surface area contributed by atoms with Crippen LogP contribution in [0.15, 0.2) is 0 Å². The number of alkyl halides is 1. The number of aryl methyl sites for hydroxylation is 2. The highest BCUT2D eigenvalue weighted by molar-refractivity contribution is 9.09. The van der Waals surface area contributed by atoms with Crippen LogP contribution in [0.2, 0.25) is 0 Å². The fourth-order valence-corrected chi connectivity index (χ4v) is 2.39. The largest absolute Gasteiger partial charge is 0.269 e. The van der Waals surface area contributed by atoms with Gasteiger partial charge < -0.3 is 0 Å². The number of unbranched alkanes of at least 4 members (excludes halogenated alkanes) is 2. The summed E-state index contributed by atoms with van der Waals surface area (Å²) in [5.74, 6) is 0. The Morgan fingerprint density at radius 2 is 1.93 bits per heavy atom. The van der Waals surface area contributed by atoms with Gasteiger partial charge >= 0.3 is 0 Å². The Bertz CT molecular complexity index is 305. The topological polar surface area (TPSA) is 17.8 Å². The van der Waals surface area contributed by atoms with Crippen LogP contribution in [-0.2, 0) is 13.0 Å². The molecule has 0 unspecified atom stereocenters. The highest BCUT2D eigenvalue weighted by Gasteiger charge is 2.08. The summed E-state index contributed by atoms with van der Waals surface area (Å²) in [7, 11) is 0. The molecule has 0 saturated heterocycles. The molecular weight excluding hydrogens is 252 g/mol. The number of nitrogens with zero attached hydrogens (tertiary/aromatic N) is 2. The van der Waals surface area contributed by atoms with Crippen LogP contribution in [0.1, 0.15) is 43.1 Å². The SMILES string of the molecule is CCc1c(C)nn(CCCCCBr)c1C. The lowest BCUT2D eigenvalue weighted by Gasteiger charge is -2.04. The lowest BCUT2D eigenvalue weighted by atomic mass is 10.1. The van der Waals surface area contributed by atoms with Crippen LogP contribution in [-0.4, -0.2) is 15.1 Å². The second kappa shape index (κ2) is 6.31. The van der Waals surface area contributed by atoms with E-state index >= 15 is 0 Å². The van der Waals surface area contributed by atoms with Crippen LogP contribution in [0.3, 0.4) is 0 Å². The molecule has 1 heterocycles. The maximum absolute atomic E-state index is 4.58. The van der Waals surface area contributed by atoms with Crippen molar-refractivity contribution in [2.45, 2.75) is 53.0 Å². The predicted molar refractivity (Wildman–Crippen MR) is 68.7 cm³/mol. The van der Waals surface area contributed by atoms with Gasteiger partial charge in [-0.1, -0.05) is 29.3 Å². The quantitative estimate of drug-likeness (QED) is 0.571. The molecule has 0 aliphatic carbocycles. The van der Waals surface area contributed by atoms with Gasteiger partial charge in [0.05, 0.1) is 5.69 Å². The third kappa shape index (κ3) is 3.33. The van der Waals surface area contributed by atoms with Crippen molar-refractivity contribution in [2.24, 2.45) is 0 Å². The lowest BCUT2D eigenvalue weighted by molar-refractivity contribution is 0.541. The normalized spacial score (nSPS) is 10.9. The Balaban J connectivity index is 2.54. The molecule has 0 aliphatic heterocycles. The smallest absolute Gasteiger partial charge is 0.0628 e. The standard InChI is InChI=1S/C12H21BrN2/c1-4-12-10(2)14-15(11(12)3)9-7-5-6-8-13/h4-9H2,1-3H3. The number of rotatable bonds is 6. The molecule has 1 rings (SSSR count). The van der Waals surface area contributed by atoms with Gasteiger partial charge in [-0.25, -0.2) is 0 Å². The summed E-state index contributed by atoms with van der Waals surface area (Å²) in [6, 6.07) is 0. The first-order chi connectivity index (χ1) is 7.20. The van der Waals surface area contributed by atoms with E-state index < -0.39 is 0 Å². The maximum Gasteiger partial charge on any atom is 0.0628 e. The highest BCUT2D eigenvalue weighted by atomic mass is 79.9. The van der Waals surface area contributed by atoms with E-state index in [4.69, 9.17) is 0 Å². The lowest BCUT2D eigenvalue weighted by Crippen LogP contribution is -2.03. The first-order valence-corrected chi connectivity index (χ1v) is 6.91. The fourth-order valence-electron chi connectivity index (χ4n) is 2.00. The van der Waals surface area contributed by atoms with Gasteiger partial charge in [0.1, 0.15) is 0 Å². The number of halogens is 1. The Morgan fingerprint density at radius 1 is 1.20 bits per heavy atom. The molecule has 0 saturated carbocycles. The van der Waals surface area contributed by atoms with Crippen LogP contribution < -0.4 is 0 Å². The van der Waals surface area contributed by atoms with Gasteiger partial charge in [-0.15, -0.1) is 0 Å². The van der Waals surface area contributed by atoms with E-state index in [1.807, 2.05) is 0 Å². The molecule has 0 aromatic carbocycles. The van der Waals surface area contributed by atoms with Crippen LogP contribution in [0.4, 0.5) is 0 Å². The summed E-state index contributed by atoms with van der Waals surface area (Å²) in [6.07, 6.45) is 4.88. The minimum Gasteiger partial charge on any atom is -0.269 e. The summed E-state index contributed by atoms with van der Waals surface area (Å²) in [6.45, 7) is 7.57. The van der Waals surface area contributed by atoms with Crippen molar-refractivity contribution in [3.05, 3.63) is 17.0 Å². The molecule has 86 valence electrons. The summed E-state index contributed by atoms with van der Waals surface area (Å²) in [4.78, 5) is 0. The first-order valence-electron chi connectivity index (χ1n) is 5.79. The van der Waals surface area contributed by atoms with E-state index in [1.54, 1.807) is 0 Å². The molecule has 2 nitrogen and oxygen atoms in total. The van der Waals surface area contributed by atoms with Crippen LogP contribution in [0, 0.1) is 13.8 Å². The molecule has 0 radical (unpaired) electrons.